The summed E-state index contributed by atoms with van der Waals surface area (Å²) in [5, 5.41) is 0.305. The van der Waals surface area contributed by atoms with Crippen LogP contribution in [0.4, 0.5) is 8.78 Å². The van der Waals surface area contributed by atoms with Crippen LogP contribution in [0.5, 0.6) is 0 Å². The van der Waals surface area contributed by atoms with Gasteiger partial charge in [-0.25, -0.2) is 8.78 Å². The minimum Gasteiger partial charge on any atom is -0.255 e. The fraction of sp³-hybridized carbons (Fsp3) is 0.444. The summed E-state index contributed by atoms with van der Waals surface area (Å²) in [7, 11) is 0. The molecule has 1 aromatic rings. The molecule has 72 valence electrons. The molecular formula is C9H11F2NS. The lowest BCUT2D eigenvalue weighted by Gasteiger charge is -2.08. The fourth-order valence-electron chi connectivity index (χ4n) is 0.922. The number of hydrogen-bond donors (Lipinski definition) is 0. The lowest BCUT2D eigenvalue weighted by atomic mass is 10.2. The first-order valence-electron chi connectivity index (χ1n) is 3.92. The molecule has 1 rings (SSSR count). The van der Waals surface area contributed by atoms with Gasteiger partial charge in [-0.3, -0.25) is 4.98 Å². The van der Waals surface area contributed by atoms with Crippen LogP contribution in [0.25, 0.3) is 0 Å². The van der Waals surface area contributed by atoms with Gasteiger partial charge in [-0.15, -0.1) is 0 Å². The second kappa shape index (κ2) is 4.56. The molecular weight excluding hydrogens is 192 g/mol. The summed E-state index contributed by atoms with van der Waals surface area (Å²) < 4.78 is 24.2. The lowest BCUT2D eigenvalue weighted by molar-refractivity contribution is 0.146. The Morgan fingerprint density at radius 2 is 2.08 bits per heavy atom. The van der Waals surface area contributed by atoms with Crippen LogP contribution < -0.4 is 0 Å². The van der Waals surface area contributed by atoms with Crippen molar-refractivity contribution in [3.8, 4) is 0 Å². The van der Waals surface area contributed by atoms with E-state index in [1.807, 2.05) is 13.2 Å². The summed E-state index contributed by atoms with van der Waals surface area (Å²) in [6.07, 6.45) is 1.02. The normalized spacial score (nSPS) is 13.3. The Balaban J connectivity index is 2.81. The molecule has 0 saturated carbocycles. The quantitative estimate of drug-likeness (QED) is 0.746. The van der Waals surface area contributed by atoms with E-state index in [4.69, 9.17) is 0 Å². The third-order valence-electron chi connectivity index (χ3n) is 1.86. The Hall–Kier alpha value is -0.640. The van der Waals surface area contributed by atoms with Gasteiger partial charge in [-0.05, 0) is 24.8 Å². The molecule has 0 saturated heterocycles. The smallest absolute Gasteiger partial charge is 0.255 e. The van der Waals surface area contributed by atoms with Gasteiger partial charge in [0.1, 0.15) is 5.69 Å². The number of thioether (sulfide) groups is 1. The average Bonchev–Trinajstić information content (AvgIpc) is 2.17. The standard InChI is InChI=1S/C9H11F2NS/c1-6(13-2)7-3-4-8(9(10)11)12-5-7/h3-6,9H,1-2H3. The minimum atomic E-state index is -2.47. The second-order valence-corrected chi connectivity index (χ2v) is 3.87. The highest BCUT2D eigenvalue weighted by atomic mass is 32.2. The van der Waals surface area contributed by atoms with E-state index >= 15 is 0 Å². The first kappa shape index (κ1) is 10.4. The molecule has 0 aliphatic carbocycles. The summed E-state index contributed by atoms with van der Waals surface area (Å²) in [5.74, 6) is 0. The third-order valence-corrected chi connectivity index (χ3v) is 2.84. The van der Waals surface area contributed by atoms with Crippen molar-refractivity contribution in [2.75, 3.05) is 6.26 Å². The largest absolute Gasteiger partial charge is 0.280 e. The molecule has 0 radical (unpaired) electrons. The van der Waals surface area contributed by atoms with Crippen LogP contribution in [0.15, 0.2) is 18.3 Å². The van der Waals surface area contributed by atoms with Gasteiger partial charge in [0.2, 0.25) is 0 Å². The Kier molecular flexibility index (Phi) is 3.66. The number of pyridine rings is 1. The summed E-state index contributed by atoms with van der Waals surface area (Å²) in [4.78, 5) is 3.68. The van der Waals surface area contributed by atoms with Crippen molar-refractivity contribution in [1.82, 2.24) is 4.98 Å². The van der Waals surface area contributed by atoms with Crippen molar-refractivity contribution in [2.45, 2.75) is 18.6 Å². The van der Waals surface area contributed by atoms with E-state index < -0.39 is 6.43 Å². The summed E-state index contributed by atoms with van der Waals surface area (Å²) in [5.41, 5.74) is 0.828. The van der Waals surface area contributed by atoms with Gasteiger partial charge in [-0.1, -0.05) is 6.07 Å². The van der Waals surface area contributed by atoms with Gasteiger partial charge in [-0.2, -0.15) is 11.8 Å². The van der Waals surface area contributed by atoms with Crippen molar-refractivity contribution in [2.24, 2.45) is 0 Å². The van der Waals surface area contributed by atoms with Crippen molar-refractivity contribution in [3.05, 3.63) is 29.6 Å². The second-order valence-electron chi connectivity index (χ2n) is 2.70. The molecule has 0 bridgehead atoms. The molecule has 1 aromatic heterocycles. The molecule has 4 heteroatoms. The van der Waals surface area contributed by atoms with Gasteiger partial charge in [0, 0.05) is 11.4 Å². The molecule has 0 amide bonds. The summed E-state index contributed by atoms with van der Waals surface area (Å²) in [6, 6.07) is 3.09. The Morgan fingerprint density at radius 3 is 2.46 bits per heavy atom. The van der Waals surface area contributed by atoms with Crippen molar-refractivity contribution in [3.63, 3.8) is 0 Å². The van der Waals surface area contributed by atoms with Gasteiger partial charge >= 0.3 is 0 Å². The average molecular weight is 203 g/mol. The molecule has 1 unspecified atom stereocenters. The molecule has 13 heavy (non-hydrogen) atoms. The Morgan fingerprint density at radius 1 is 1.38 bits per heavy atom. The first-order chi connectivity index (χ1) is 6.15. The Bertz CT molecular complexity index is 261. The zero-order valence-corrected chi connectivity index (χ0v) is 8.31. The van der Waals surface area contributed by atoms with Gasteiger partial charge in [0.05, 0.1) is 0 Å². The molecule has 0 N–H and O–H groups in total. The van der Waals surface area contributed by atoms with Gasteiger partial charge in [0.25, 0.3) is 6.43 Å². The van der Waals surface area contributed by atoms with E-state index in [0.717, 1.165) is 5.56 Å². The number of rotatable bonds is 3. The highest BCUT2D eigenvalue weighted by Gasteiger charge is 2.09. The maximum Gasteiger partial charge on any atom is 0.280 e. The van der Waals surface area contributed by atoms with E-state index in [2.05, 4.69) is 4.98 Å². The van der Waals surface area contributed by atoms with Crippen molar-refractivity contribution in [1.29, 1.82) is 0 Å². The highest BCUT2D eigenvalue weighted by Crippen LogP contribution is 2.26. The number of hydrogen-bond acceptors (Lipinski definition) is 2. The maximum absolute atomic E-state index is 12.1. The van der Waals surface area contributed by atoms with Crippen LogP contribution in [0.1, 0.15) is 29.9 Å². The van der Waals surface area contributed by atoms with Crippen LogP contribution in [-0.4, -0.2) is 11.2 Å². The highest BCUT2D eigenvalue weighted by molar-refractivity contribution is 7.98. The molecule has 0 aliphatic heterocycles. The zero-order chi connectivity index (χ0) is 9.84. The zero-order valence-electron chi connectivity index (χ0n) is 7.50. The molecule has 0 spiro atoms. The first-order valence-corrected chi connectivity index (χ1v) is 5.20. The van der Waals surface area contributed by atoms with E-state index in [1.54, 1.807) is 17.8 Å². The number of aromatic nitrogens is 1. The number of nitrogens with zero attached hydrogens (tertiary/aromatic N) is 1. The molecule has 1 heterocycles. The molecule has 0 aliphatic rings. The Labute approximate surface area is 80.6 Å². The van der Waals surface area contributed by atoms with Crippen LogP contribution in [0.2, 0.25) is 0 Å². The monoisotopic (exact) mass is 203 g/mol. The maximum atomic E-state index is 12.1. The van der Waals surface area contributed by atoms with Crippen LogP contribution >= 0.6 is 11.8 Å². The van der Waals surface area contributed by atoms with E-state index in [0.29, 0.717) is 5.25 Å². The van der Waals surface area contributed by atoms with Crippen LogP contribution in [0.3, 0.4) is 0 Å². The van der Waals surface area contributed by atoms with Crippen molar-refractivity contribution < 1.29 is 8.78 Å². The van der Waals surface area contributed by atoms with Gasteiger partial charge < -0.3 is 0 Å². The predicted molar refractivity (Wildman–Crippen MR) is 51.1 cm³/mol. The predicted octanol–water partition coefficient (Wildman–Crippen LogP) is 3.44. The fourth-order valence-corrected chi connectivity index (χ4v) is 1.33. The number of halogens is 2. The third kappa shape index (κ3) is 2.66. The number of alkyl halides is 2. The topological polar surface area (TPSA) is 12.9 Å². The van der Waals surface area contributed by atoms with E-state index in [9.17, 15) is 8.78 Å². The summed E-state index contributed by atoms with van der Waals surface area (Å²) >= 11 is 1.66. The van der Waals surface area contributed by atoms with Gasteiger partial charge in [0.15, 0.2) is 0 Å². The van der Waals surface area contributed by atoms with Crippen LogP contribution in [0, 0.1) is 0 Å². The van der Waals surface area contributed by atoms with E-state index in [1.165, 1.54) is 12.3 Å². The lowest BCUT2D eigenvalue weighted by Crippen LogP contribution is -1.93. The molecule has 1 nitrogen and oxygen atoms in total. The molecule has 0 fully saturated rings. The van der Waals surface area contributed by atoms with Crippen LogP contribution in [-0.2, 0) is 0 Å². The SMILES string of the molecule is CSC(C)c1ccc(C(F)F)nc1. The molecule has 1 atom stereocenters. The van der Waals surface area contributed by atoms with Crippen molar-refractivity contribution >= 4 is 11.8 Å². The molecule has 0 aromatic carbocycles. The van der Waals surface area contributed by atoms with E-state index in [-0.39, 0.29) is 5.69 Å². The minimum absolute atomic E-state index is 0.156. The summed E-state index contributed by atoms with van der Waals surface area (Å²) in [6.45, 7) is 2.02.